The highest BCUT2D eigenvalue weighted by Crippen LogP contribution is 2.28. The molecule has 0 bridgehead atoms. The van der Waals surface area contributed by atoms with Crippen molar-refractivity contribution in [2.24, 2.45) is 0 Å². The number of aromatic hydroxyl groups is 1. The Morgan fingerprint density at radius 2 is 1.69 bits per heavy atom. The van der Waals surface area contributed by atoms with Gasteiger partial charge in [0.15, 0.2) is 0 Å². The Labute approximate surface area is 194 Å². The van der Waals surface area contributed by atoms with Crippen LogP contribution in [0.1, 0.15) is 71.4 Å². The van der Waals surface area contributed by atoms with E-state index in [1.54, 1.807) is 7.11 Å². The van der Waals surface area contributed by atoms with E-state index >= 15 is 0 Å². The molecule has 0 aliphatic carbocycles. The van der Waals surface area contributed by atoms with Crippen molar-refractivity contribution >= 4 is 0 Å². The molecule has 0 fully saturated rings. The minimum absolute atomic E-state index is 0.292. The van der Waals surface area contributed by atoms with Gasteiger partial charge in [-0.25, -0.2) is 0 Å². The van der Waals surface area contributed by atoms with E-state index in [4.69, 9.17) is 4.74 Å². The molecule has 1 aromatic carbocycles. The first-order valence-corrected chi connectivity index (χ1v) is 11.4. The molecule has 0 aliphatic heterocycles. The predicted octanol–water partition coefficient (Wildman–Crippen LogP) is 6.34. The lowest BCUT2D eigenvalue weighted by atomic mass is 10.0. The molecule has 0 spiro atoms. The second-order valence-electron chi connectivity index (χ2n) is 9.01. The van der Waals surface area contributed by atoms with E-state index in [0.717, 1.165) is 46.4 Å². The molecule has 0 aromatic heterocycles. The number of phenolic OH excluding ortho intramolecular Hbond substituents is 1. The molecule has 0 aliphatic rings. The third-order valence-electron chi connectivity index (χ3n) is 5.55. The molecule has 32 heavy (non-hydrogen) atoms. The van der Waals surface area contributed by atoms with Crippen LogP contribution < -0.4 is 4.74 Å². The fourth-order valence-corrected chi connectivity index (χ4v) is 3.46. The summed E-state index contributed by atoms with van der Waals surface area (Å²) in [5.41, 5.74) is 6.01. The van der Waals surface area contributed by atoms with Gasteiger partial charge in [0.05, 0.1) is 19.3 Å². The van der Waals surface area contributed by atoms with Gasteiger partial charge in [-0.05, 0) is 96.9 Å². The van der Waals surface area contributed by atoms with Crippen molar-refractivity contribution in [2.75, 3.05) is 7.11 Å². The Kier molecular flexibility index (Phi) is 12.1. The summed E-state index contributed by atoms with van der Waals surface area (Å²) < 4.78 is 5.29. The summed E-state index contributed by atoms with van der Waals surface area (Å²) in [4.78, 5) is 0. The van der Waals surface area contributed by atoms with Gasteiger partial charge in [0.2, 0.25) is 0 Å². The van der Waals surface area contributed by atoms with E-state index in [2.05, 4.69) is 12.2 Å². The highest BCUT2D eigenvalue weighted by Gasteiger charge is 2.08. The number of hydrogen-bond donors (Lipinski definition) is 3. The second kappa shape index (κ2) is 14.0. The van der Waals surface area contributed by atoms with Crippen LogP contribution in [-0.4, -0.2) is 34.6 Å². The maximum atomic E-state index is 10.4. The van der Waals surface area contributed by atoms with Gasteiger partial charge in [-0.15, -0.1) is 0 Å². The van der Waals surface area contributed by atoms with Crippen LogP contribution in [0, 0.1) is 6.92 Å². The molecule has 2 atom stereocenters. The smallest absolute Gasteiger partial charge is 0.122 e. The van der Waals surface area contributed by atoms with Crippen LogP contribution in [0.15, 0.2) is 58.7 Å². The van der Waals surface area contributed by atoms with Gasteiger partial charge in [-0.1, -0.05) is 41.0 Å². The normalized spacial score (nSPS) is 14.8. The number of phenols is 1. The zero-order chi connectivity index (χ0) is 24.3. The quantitative estimate of drug-likeness (QED) is 0.330. The van der Waals surface area contributed by atoms with Crippen LogP contribution in [0.4, 0.5) is 0 Å². The van der Waals surface area contributed by atoms with Crippen LogP contribution in [0.5, 0.6) is 11.5 Å². The van der Waals surface area contributed by atoms with E-state index in [0.29, 0.717) is 25.0 Å². The zero-order valence-electron chi connectivity index (χ0n) is 20.9. The molecule has 3 N–H and O–H groups in total. The van der Waals surface area contributed by atoms with Gasteiger partial charge in [-0.2, -0.15) is 0 Å². The number of aryl methyl sites for hydroxylation is 1. The summed E-state index contributed by atoms with van der Waals surface area (Å²) in [6.45, 7) is 11.9. The molecular weight excluding hydrogens is 400 g/mol. The Hall–Kier alpha value is -2.30. The number of aliphatic hydroxyl groups is 2. The van der Waals surface area contributed by atoms with Crippen molar-refractivity contribution in [1.29, 1.82) is 0 Å². The minimum atomic E-state index is -0.541. The second-order valence-corrected chi connectivity index (χ2v) is 9.01. The van der Waals surface area contributed by atoms with Crippen LogP contribution in [0.2, 0.25) is 0 Å². The Morgan fingerprint density at radius 3 is 2.31 bits per heavy atom. The van der Waals surface area contributed by atoms with E-state index in [9.17, 15) is 15.3 Å². The topological polar surface area (TPSA) is 69.9 Å². The number of aliphatic hydroxyl groups excluding tert-OH is 2. The van der Waals surface area contributed by atoms with Crippen LogP contribution in [0.3, 0.4) is 0 Å². The van der Waals surface area contributed by atoms with Gasteiger partial charge in [-0.3, -0.25) is 0 Å². The van der Waals surface area contributed by atoms with Crippen molar-refractivity contribution in [3.8, 4) is 11.5 Å². The first-order chi connectivity index (χ1) is 15.0. The lowest BCUT2D eigenvalue weighted by Crippen LogP contribution is -2.06. The number of methoxy groups -OCH3 is 1. The van der Waals surface area contributed by atoms with E-state index in [1.807, 2.05) is 65.8 Å². The zero-order valence-corrected chi connectivity index (χ0v) is 20.9. The molecule has 1 rings (SSSR count). The Bertz CT molecular complexity index is 854. The van der Waals surface area contributed by atoms with Crippen LogP contribution in [0.25, 0.3) is 0 Å². The standard InChI is InChI=1S/C28H42O4/c1-19(2)11-14-27(30)22(5)10-8-9-20(3)15-25(29)16-21(4)12-13-24-18-26(32-7)17-23(6)28(24)31/h10-12,15,17-18,25,27,29-31H,8-9,13-14,16H2,1-7H3. The van der Waals surface area contributed by atoms with Gasteiger partial charge in [0.1, 0.15) is 11.5 Å². The fourth-order valence-electron chi connectivity index (χ4n) is 3.46. The number of allylic oxidation sites excluding steroid dienone is 4. The van der Waals surface area contributed by atoms with E-state index in [1.165, 1.54) is 5.57 Å². The molecule has 0 heterocycles. The molecule has 0 amide bonds. The van der Waals surface area contributed by atoms with E-state index < -0.39 is 12.2 Å². The lowest BCUT2D eigenvalue weighted by Gasteiger charge is -2.11. The molecule has 1 aromatic rings. The Morgan fingerprint density at radius 1 is 1.00 bits per heavy atom. The average molecular weight is 443 g/mol. The molecule has 4 nitrogen and oxygen atoms in total. The SMILES string of the molecule is COc1cc(C)c(O)c(CC=C(C)CC(O)C=C(C)CCC=C(C)C(O)CC=C(C)C)c1. The third kappa shape index (κ3) is 10.3. The maximum Gasteiger partial charge on any atom is 0.122 e. The van der Waals surface area contributed by atoms with Crippen molar-refractivity contribution in [3.05, 3.63) is 69.9 Å². The van der Waals surface area contributed by atoms with Crippen LogP contribution >= 0.6 is 0 Å². The monoisotopic (exact) mass is 442 g/mol. The summed E-state index contributed by atoms with van der Waals surface area (Å²) in [5, 5.41) is 30.9. The van der Waals surface area contributed by atoms with Crippen molar-refractivity contribution in [2.45, 2.75) is 85.9 Å². The largest absolute Gasteiger partial charge is 0.507 e. The van der Waals surface area contributed by atoms with Crippen molar-refractivity contribution in [3.63, 3.8) is 0 Å². The highest BCUT2D eigenvalue weighted by atomic mass is 16.5. The van der Waals surface area contributed by atoms with Gasteiger partial charge in [0, 0.05) is 5.56 Å². The average Bonchev–Trinajstić information content (AvgIpc) is 2.72. The molecule has 4 heteroatoms. The molecule has 178 valence electrons. The summed E-state index contributed by atoms with van der Waals surface area (Å²) in [6, 6.07) is 3.66. The van der Waals surface area contributed by atoms with Gasteiger partial charge < -0.3 is 20.1 Å². The summed E-state index contributed by atoms with van der Waals surface area (Å²) >= 11 is 0. The number of rotatable bonds is 12. The fraction of sp³-hybridized carbons (Fsp3) is 0.500. The number of hydrogen-bond acceptors (Lipinski definition) is 4. The Balaban J connectivity index is 2.59. The van der Waals surface area contributed by atoms with Crippen molar-refractivity contribution < 1.29 is 20.1 Å². The molecule has 2 unspecified atom stereocenters. The van der Waals surface area contributed by atoms with Crippen LogP contribution in [-0.2, 0) is 6.42 Å². The molecule has 0 saturated carbocycles. The van der Waals surface area contributed by atoms with Gasteiger partial charge in [0.25, 0.3) is 0 Å². The summed E-state index contributed by atoms with van der Waals surface area (Å²) in [5.74, 6) is 1.02. The lowest BCUT2D eigenvalue weighted by molar-refractivity contribution is 0.213. The minimum Gasteiger partial charge on any atom is -0.507 e. The van der Waals surface area contributed by atoms with Gasteiger partial charge >= 0.3 is 0 Å². The predicted molar refractivity (Wildman–Crippen MR) is 134 cm³/mol. The van der Waals surface area contributed by atoms with E-state index in [-0.39, 0.29) is 0 Å². The first kappa shape index (κ1) is 27.7. The number of ether oxygens (including phenoxy) is 1. The first-order valence-electron chi connectivity index (χ1n) is 11.4. The number of benzene rings is 1. The summed E-state index contributed by atoms with van der Waals surface area (Å²) in [6.07, 6.45) is 10.6. The molecule has 0 saturated heterocycles. The summed E-state index contributed by atoms with van der Waals surface area (Å²) in [7, 11) is 1.62. The molecule has 0 radical (unpaired) electrons. The third-order valence-corrected chi connectivity index (χ3v) is 5.55. The maximum absolute atomic E-state index is 10.4. The molecular formula is C28H42O4. The highest BCUT2D eigenvalue weighted by molar-refractivity contribution is 5.46. The van der Waals surface area contributed by atoms with Crippen molar-refractivity contribution in [1.82, 2.24) is 0 Å².